The van der Waals surface area contributed by atoms with Crippen LogP contribution in [0.3, 0.4) is 0 Å². The molecule has 0 spiro atoms. The number of allylic oxidation sites excluding steroid dienone is 1. The van der Waals surface area contributed by atoms with Gasteiger partial charge in [-0.3, -0.25) is 9.79 Å². The Morgan fingerprint density at radius 1 is 1.29 bits per heavy atom. The van der Waals surface area contributed by atoms with Gasteiger partial charge < -0.3 is 4.74 Å². The van der Waals surface area contributed by atoms with Crippen molar-refractivity contribution in [3.8, 4) is 0 Å². The number of nitrogens with zero attached hydrogens (tertiary/aromatic N) is 1. The number of aliphatic imine (C=N–C) groups is 1. The van der Waals surface area contributed by atoms with E-state index in [-0.39, 0.29) is 11.8 Å². The number of ketones is 1. The van der Waals surface area contributed by atoms with E-state index >= 15 is 0 Å². The van der Waals surface area contributed by atoms with Crippen LogP contribution >= 0.6 is 0 Å². The highest BCUT2D eigenvalue weighted by atomic mass is 16.5. The molecular weight excluding hydrogens is 218 g/mol. The van der Waals surface area contributed by atoms with Crippen molar-refractivity contribution >= 4 is 23.5 Å². The van der Waals surface area contributed by atoms with Crippen molar-refractivity contribution in [2.45, 2.75) is 0 Å². The molecule has 0 saturated carbocycles. The van der Waals surface area contributed by atoms with Crippen LogP contribution in [0.2, 0.25) is 0 Å². The van der Waals surface area contributed by atoms with Crippen LogP contribution in [0.1, 0.15) is 15.9 Å². The first kappa shape index (κ1) is 11.3. The second kappa shape index (κ2) is 4.74. The number of carbonyl (C=O) groups excluding carboxylic acids is 2. The highest BCUT2D eigenvalue weighted by Crippen LogP contribution is 2.17. The first-order valence-electron chi connectivity index (χ1n) is 5.14. The number of methoxy groups -OCH3 is 1. The largest absolute Gasteiger partial charge is 0.465 e. The second-order valence-electron chi connectivity index (χ2n) is 3.61. The summed E-state index contributed by atoms with van der Waals surface area (Å²) in [6.45, 7) is 0.489. The average Bonchev–Trinajstić information content (AvgIpc) is 2.38. The first-order chi connectivity index (χ1) is 8.20. The molecule has 0 radical (unpaired) electrons. The Morgan fingerprint density at radius 3 is 2.59 bits per heavy atom. The summed E-state index contributed by atoms with van der Waals surface area (Å²) in [4.78, 5) is 26.4. The van der Waals surface area contributed by atoms with Gasteiger partial charge in [-0.15, -0.1) is 0 Å². The summed E-state index contributed by atoms with van der Waals surface area (Å²) in [6.07, 6.45) is 2.87. The second-order valence-corrected chi connectivity index (χ2v) is 3.61. The molecule has 0 atom stereocenters. The van der Waals surface area contributed by atoms with Gasteiger partial charge in [-0.05, 0) is 29.3 Å². The predicted molar refractivity (Wildman–Crippen MR) is 64.1 cm³/mol. The normalized spacial score (nSPS) is 14.4. The molecule has 0 aliphatic carbocycles. The molecule has 0 fully saturated rings. The van der Waals surface area contributed by atoms with Gasteiger partial charge in [0.05, 0.1) is 25.4 Å². The van der Waals surface area contributed by atoms with Crippen LogP contribution in [0.5, 0.6) is 0 Å². The molecule has 0 amide bonds. The van der Waals surface area contributed by atoms with E-state index in [0.717, 1.165) is 11.1 Å². The Morgan fingerprint density at radius 2 is 2.00 bits per heavy atom. The maximum absolute atomic E-state index is 11.2. The molecule has 0 unspecified atom stereocenters. The van der Waals surface area contributed by atoms with Crippen molar-refractivity contribution in [3.05, 3.63) is 41.5 Å². The van der Waals surface area contributed by atoms with Crippen molar-refractivity contribution < 1.29 is 14.3 Å². The number of hydrogen-bond acceptors (Lipinski definition) is 4. The lowest BCUT2D eigenvalue weighted by Crippen LogP contribution is -2.05. The number of dihydropyridines is 1. The van der Waals surface area contributed by atoms with Gasteiger partial charge in [0.2, 0.25) is 0 Å². The van der Waals surface area contributed by atoms with Crippen molar-refractivity contribution in [2.24, 2.45) is 4.99 Å². The molecule has 4 nitrogen and oxygen atoms in total. The zero-order valence-electron chi connectivity index (χ0n) is 9.34. The molecule has 1 aromatic rings. The lowest BCUT2D eigenvalue weighted by Gasteiger charge is -2.08. The lowest BCUT2D eigenvalue weighted by atomic mass is 10.0. The van der Waals surface area contributed by atoms with Crippen LogP contribution in [0.25, 0.3) is 5.57 Å². The van der Waals surface area contributed by atoms with E-state index in [9.17, 15) is 9.59 Å². The Balaban J connectivity index is 2.24. The van der Waals surface area contributed by atoms with Crippen LogP contribution in [-0.2, 0) is 9.53 Å². The van der Waals surface area contributed by atoms with E-state index in [1.807, 2.05) is 0 Å². The smallest absolute Gasteiger partial charge is 0.337 e. The first-order valence-corrected chi connectivity index (χ1v) is 5.14. The van der Waals surface area contributed by atoms with Crippen LogP contribution in [0.15, 0.2) is 35.3 Å². The summed E-state index contributed by atoms with van der Waals surface area (Å²) < 4.78 is 4.61. The third-order valence-electron chi connectivity index (χ3n) is 2.47. The SMILES string of the molecule is COC(=O)c1ccc(C2=CC(=O)C=NC2)cc1. The number of ether oxygens (including phenoxy) is 1. The van der Waals surface area contributed by atoms with Gasteiger partial charge in [-0.25, -0.2) is 4.79 Å². The van der Waals surface area contributed by atoms with E-state index in [1.165, 1.54) is 13.3 Å². The van der Waals surface area contributed by atoms with Crippen molar-refractivity contribution in [1.82, 2.24) is 0 Å². The summed E-state index contributed by atoms with van der Waals surface area (Å²) in [7, 11) is 1.34. The molecule has 1 heterocycles. The fourth-order valence-corrected chi connectivity index (χ4v) is 1.60. The fraction of sp³-hybridized carbons (Fsp3) is 0.154. The minimum atomic E-state index is -0.372. The molecule has 0 saturated heterocycles. The third-order valence-corrected chi connectivity index (χ3v) is 2.47. The van der Waals surface area contributed by atoms with Gasteiger partial charge >= 0.3 is 5.97 Å². The standard InChI is InChI=1S/C13H11NO3/c1-17-13(16)10-4-2-9(3-5-10)11-6-12(15)8-14-7-11/h2-6,8H,7H2,1H3. The molecule has 1 aliphatic rings. The molecule has 1 aromatic carbocycles. The Hall–Kier alpha value is -2.23. The summed E-state index contributed by atoms with van der Waals surface area (Å²) in [5.74, 6) is -0.480. The Labute approximate surface area is 98.6 Å². The summed E-state index contributed by atoms with van der Waals surface area (Å²) in [5.41, 5.74) is 2.24. The van der Waals surface area contributed by atoms with Gasteiger partial charge in [0, 0.05) is 0 Å². The zero-order valence-corrected chi connectivity index (χ0v) is 9.34. The molecule has 0 N–H and O–H groups in total. The van der Waals surface area contributed by atoms with Gasteiger partial charge in [0.15, 0.2) is 5.78 Å². The number of esters is 1. The topological polar surface area (TPSA) is 55.7 Å². The summed E-state index contributed by atoms with van der Waals surface area (Å²) >= 11 is 0. The number of carbonyl (C=O) groups is 2. The van der Waals surface area contributed by atoms with E-state index < -0.39 is 0 Å². The number of rotatable bonds is 2. The monoisotopic (exact) mass is 229 g/mol. The number of hydrogen-bond donors (Lipinski definition) is 0. The molecule has 2 rings (SSSR count). The summed E-state index contributed by atoms with van der Waals surface area (Å²) in [6, 6.07) is 6.91. The average molecular weight is 229 g/mol. The lowest BCUT2D eigenvalue weighted by molar-refractivity contribution is -0.108. The molecule has 4 heteroatoms. The minimum Gasteiger partial charge on any atom is -0.465 e. The molecular formula is C13H11NO3. The van der Waals surface area contributed by atoms with Crippen LogP contribution < -0.4 is 0 Å². The highest BCUT2D eigenvalue weighted by molar-refractivity contribution is 6.35. The Bertz CT molecular complexity index is 512. The van der Waals surface area contributed by atoms with Crippen molar-refractivity contribution in [3.63, 3.8) is 0 Å². The van der Waals surface area contributed by atoms with E-state index in [0.29, 0.717) is 12.1 Å². The fourth-order valence-electron chi connectivity index (χ4n) is 1.60. The van der Waals surface area contributed by atoms with Crippen LogP contribution in [0.4, 0.5) is 0 Å². The summed E-state index contributed by atoms with van der Waals surface area (Å²) in [5, 5.41) is 0. The quantitative estimate of drug-likeness (QED) is 0.722. The molecule has 0 aromatic heterocycles. The van der Waals surface area contributed by atoms with E-state index in [2.05, 4.69) is 9.73 Å². The molecule has 1 aliphatic heterocycles. The van der Waals surface area contributed by atoms with Crippen LogP contribution in [-0.4, -0.2) is 31.6 Å². The molecule has 86 valence electrons. The van der Waals surface area contributed by atoms with Crippen molar-refractivity contribution in [1.29, 1.82) is 0 Å². The van der Waals surface area contributed by atoms with Crippen molar-refractivity contribution in [2.75, 3.05) is 13.7 Å². The number of benzene rings is 1. The van der Waals surface area contributed by atoms with Crippen LogP contribution in [0, 0.1) is 0 Å². The minimum absolute atomic E-state index is 0.108. The van der Waals surface area contributed by atoms with Gasteiger partial charge in [-0.2, -0.15) is 0 Å². The van der Waals surface area contributed by atoms with E-state index in [1.54, 1.807) is 30.3 Å². The van der Waals surface area contributed by atoms with E-state index in [4.69, 9.17) is 0 Å². The maximum atomic E-state index is 11.2. The molecule has 17 heavy (non-hydrogen) atoms. The Kier molecular flexibility index (Phi) is 3.14. The van der Waals surface area contributed by atoms with Gasteiger partial charge in [0.1, 0.15) is 0 Å². The zero-order chi connectivity index (χ0) is 12.3. The van der Waals surface area contributed by atoms with Gasteiger partial charge in [0.25, 0.3) is 0 Å². The predicted octanol–water partition coefficient (Wildman–Crippen LogP) is 1.51. The molecule has 0 bridgehead atoms. The maximum Gasteiger partial charge on any atom is 0.337 e. The third kappa shape index (κ3) is 2.47. The highest BCUT2D eigenvalue weighted by Gasteiger charge is 2.09. The van der Waals surface area contributed by atoms with Gasteiger partial charge in [-0.1, -0.05) is 12.1 Å².